The van der Waals surface area contributed by atoms with Crippen molar-refractivity contribution in [1.82, 2.24) is 4.98 Å². The molecule has 1 aliphatic carbocycles. The van der Waals surface area contributed by atoms with Gasteiger partial charge in [0.25, 0.3) is 5.91 Å². The predicted octanol–water partition coefficient (Wildman–Crippen LogP) is 2.78. The number of nitrogens with two attached hydrogens (primary N) is 2. The van der Waals surface area contributed by atoms with Crippen LogP contribution in [0.2, 0.25) is 0 Å². The standard InChI is InChI=1S/C20H26FN7O/c1-25-15-7-4-8-16(12(15)10-22)26-19-11(18(24)29)9-13(21)20(28-19)27-17-6-3-2-5-14(17)23/h4,7-10,14,17,22,25H,2-3,5-6,23H2,1H3,(H2,24,29)(H2,26,27,28)/t14-,17+/m0/s1. The average molecular weight is 399 g/mol. The summed E-state index contributed by atoms with van der Waals surface area (Å²) in [7, 11) is 1.74. The lowest BCUT2D eigenvalue weighted by molar-refractivity contribution is 0.100. The molecule has 3 rings (SSSR count). The third-order valence-corrected chi connectivity index (χ3v) is 5.16. The van der Waals surface area contributed by atoms with Gasteiger partial charge in [-0.25, -0.2) is 9.37 Å². The summed E-state index contributed by atoms with van der Waals surface area (Å²) in [6, 6.07) is 6.23. The first kappa shape index (κ1) is 20.5. The van der Waals surface area contributed by atoms with Crippen LogP contribution in [-0.4, -0.2) is 36.2 Å². The maximum Gasteiger partial charge on any atom is 0.252 e. The number of aromatic nitrogens is 1. The number of pyridine rings is 1. The number of hydrogen-bond donors (Lipinski definition) is 6. The zero-order valence-corrected chi connectivity index (χ0v) is 16.3. The SMILES string of the molecule is CNc1cccc(Nc2nc(N[C@@H]3CCCC[C@@H]3N)c(F)cc2C(N)=O)c1C=N. The van der Waals surface area contributed by atoms with Gasteiger partial charge in [-0.15, -0.1) is 0 Å². The van der Waals surface area contributed by atoms with Crippen LogP contribution in [-0.2, 0) is 0 Å². The van der Waals surface area contributed by atoms with E-state index in [9.17, 15) is 9.18 Å². The van der Waals surface area contributed by atoms with Crippen molar-refractivity contribution in [1.29, 1.82) is 5.41 Å². The quantitative estimate of drug-likeness (QED) is 0.395. The summed E-state index contributed by atoms with van der Waals surface area (Å²) in [5.74, 6) is -1.34. The monoisotopic (exact) mass is 399 g/mol. The molecule has 2 aromatic rings. The van der Waals surface area contributed by atoms with E-state index in [1.807, 2.05) is 6.07 Å². The largest absolute Gasteiger partial charge is 0.388 e. The van der Waals surface area contributed by atoms with Gasteiger partial charge in [0.05, 0.1) is 11.3 Å². The lowest BCUT2D eigenvalue weighted by Gasteiger charge is -2.30. The molecule has 9 heteroatoms. The molecule has 1 aromatic carbocycles. The minimum Gasteiger partial charge on any atom is -0.388 e. The molecule has 0 unspecified atom stereocenters. The third-order valence-electron chi connectivity index (χ3n) is 5.16. The molecule has 0 bridgehead atoms. The normalized spacial score (nSPS) is 18.7. The maximum absolute atomic E-state index is 14.6. The number of amides is 1. The van der Waals surface area contributed by atoms with Crippen molar-refractivity contribution in [3.05, 3.63) is 41.2 Å². The number of carbonyl (C=O) groups excluding carboxylic acids is 1. The smallest absolute Gasteiger partial charge is 0.252 e. The van der Waals surface area contributed by atoms with Crippen LogP contribution >= 0.6 is 0 Å². The van der Waals surface area contributed by atoms with Gasteiger partial charge in [0, 0.05) is 36.6 Å². The van der Waals surface area contributed by atoms with E-state index in [4.69, 9.17) is 16.9 Å². The topological polar surface area (TPSA) is 142 Å². The number of anilines is 4. The van der Waals surface area contributed by atoms with Crippen molar-refractivity contribution in [2.45, 2.75) is 37.8 Å². The van der Waals surface area contributed by atoms with Crippen LogP contribution in [0.3, 0.4) is 0 Å². The molecule has 8 N–H and O–H groups in total. The van der Waals surface area contributed by atoms with Gasteiger partial charge in [-0.2, -0.15) is 0 Å². The van der Waals surface area contributed by atoms with Gasteiger partial charge in [-0.1, -0.05) is 18.9 Å². The van der Waals surface area contributed by atoms with Crippen LogP contribution in [0.1, 0.15) is 41.6 Å². The van der Waals surface area contributed by atoms with Crippen molar-refractivity contribution < 1.29 is 9.18 Å². The average Bonchev–Trinajstić information content (AvgIpc) is 2.71. The lowest BCUT2D eigenvalue weighted by atomic mass is 9.91. The summed E-state index contributed by atoms with van der Waals surface area (Å²) in [6.45, 7) is 0. The van der Waals surface area contributed by atoms with Crippen molar-refractivity contribution in [2.24, 2.45) is 11.5 Å². The Morgan fingerprint density at radius 3 is 2.66 bits per heavy atom. The van der Waals surface area contributed by atoms with Crippen LogP contribution in [0, 0.1) is 11.2 Å². The fraction of sp³-hybridized carbons (Fsp3) is 0.350. The molecule has 0 aliphatic heterocycles. The zero-order chi connectivity index (χ0) is 21.0. The first-order chi connectivity index (χ1) is 13.9. The Labute approximate surface area is 168 Å². The minimum atomic E-state index is -0.805. The van der Waals surface area contributed by atoms with E-state index in [2.05, 4.69) is 20.9 Å². The molecule has 1 amide bonds. The minimum absolute atomic E-state index is 0.0148. The molecule has 1 aromatic heterocycles. The number of primary amides is 1. The van der Waals surface area contributed by atoms with Crippen molar-refractivity contribution in [3.8, 4) is 0 Å². The summed E-state index contributed by atoms with van der Waals surface area (Å²) >= 11 is 0. The van der Waals surface area contributed by atoms with Gasteiger partial charge in [0.1, 0.15) is 5.82 Å². The number of halogens is 1. The van der Waals surface area contributed by atoms with Crippen molar-refractivity contribution in [3.63, 3.8) is 0 Å². The summed E-state index contributed by atoms with van der Waals surface area (Å²) in [6.07, 6.45) is 4.93. The predicted molar refractivity (Wildman–Crippen MR) is 114 cm³/mol. The van der Waals surface area contributed by atoms with Crippen LogP contribution in [0.15, 0.2) is 24.3 Å². The Bertz CT molecular complexity index is 918. The lowest BCUT2D eigenvalue weighted by Crippen LogP contribution is -2.43. The van der Waals surface area contributed by atoms with E-state index in [0.717, 1.165) is 37.4 Å². The second-order valence-electron chi connectivity index (χ2n) is 7.06. The van der Waals surface area contributed by atoms with E-state index in [-0.39, 0.29) is 29.3 Å². The highest BCUT2D eigenvalue weighted by Gasteiger charge is 2.24. The molecular formula is C20H26FN7O. The number of benzene rings is 1. The fourth-order valence-corrected chi connectivity index (χ4v) is 3.56. The molecule has 0 spiro atoms. The highest BCUT2D eigenvalue weighted by molar-refractivity contribution is 6.00. The molecule has 1 heterocycles. The molecule has 8 nitrogen and oxygen atoms in total. The number of nitrogens with one attached hydrogen (secondary N) is 4. The number of rotatable bonds is 7. The number of hydrogen-bond acceptors (Lipinski definition) is 7. The first-order valence-corrected chi connectivity index (χ1v) is 9.55. The number of nitrogens with zero attached hydrogens (tertiary/aromatic N) is 1. The molecular weight excluding hydrogens is 373 g/mol. The third kappa shape index (κ3) is 4.45. The Hall–Kier alpha value is -3.20. The zero-order valence-electron chi connectivity index (χ0n) is 16.3. The Kier molecular flexibility index (Phi) is 6.28. The first-order valence-electron chi connectivity index (χ1n) is 9.55. The Morgan fingerprint density at radius 2 is 2.00 bits per heavy atom. The summed E-state index contributed by atoms with van der Waals surface area (Å²) in [5.41, 5.74) is 13.3. The van der Waals surface area contributed by atoms with Crippen molar-refractivity contribution in [2.75, 3.05) is 23.0 Å². The van der Waals surface area contributed by atoms with E-state index in [1.54, 1.807) is 19.2 Å². The summed E-state index contributed by atoms with van der Waals surface area (Å²) in [5, 5.41) is 16.8. The van der Waals surface area contributed by atoms with E-state index < -0.39 is 11.7 Å². The van der Waals surface area contributed by atoms with E-state index >= 15 is 0 Å². The molecule has 0 saturated heterocycles. The van der Waals surface area contributed by atoms with E-state index in [1.165, 1.54) is 6.21 Å². The molecule has 1 aliphatic rings. The van der Waals surface area contributed by atoms with Gasteiger partial charge in [-0.3, -0.25) is 4.79 Å². The molecule has 0 radical (unpaired) electrons. The number of carbonyl (C=O) groups is 1. The van der Waals surface area contributed by atoms with Gasteiger partial charge in [0.2, 0.25) is 0 Å². The highest BCUT2D eigenvalue weighted by atomic mass is 19.1. The highest BCUT2D eigenvalue weighted by Crippen LogP contribution is 2.29. The Balaban J connectivity index is 1.99. The maximum atomic E-state index is 14.6. The van der Waals surface area contributed by atoms with Gasteiger partial charge < -0.3 is 32.8 Å². The fourth-order valence-electron chi connectivity index (χ4n) is 3.56. The van der Waals surface area contributed by atoms with Gasteiger partial charge >= 0.3 is 0 Å². The summed E-state index contributed by atoms with van der Waals surface area (Å²) < 4.78 is 14.6. The van der Waals surface area contributed by atoms with Crippen LogP contribution < -0.4 is 27.4 Å². The molecule has 154 valence electrons. The van der Waals surface area contributed by atoms with Gasteiger partial charge in [-0.05, 0) is 31.0 Å². The summed E-state index contributed by atoms with van der Waals surface area (Å²) in [4.78, 5) is 16.2. The molecule has 1 saturated carbocycles. The second kappa shape index (κ2) is 8.87. The van der Waals surface area contributed by atoms with E-state index in [0.29, 0.717) is 11.3 Å². The molecule has 1 fully saturated rings. The Morgan fingerprint density at radius 1 is 1.28 bits per heavy atom. The van der Waals surface area contributed by atoms with Crippen LogP contribution in [0.5, 0.6) is 0 Å². The van der Waals surface area contributed by atoms with Crippen LogP contribution in [0.25, 0.3) is 0 Å². The molecule has 29 heavy (non-hydrogen) atoms. The molecule has 2 atom stereocenters. The second-order valence-corrected chi connectivity index (χ2v) is 7.06. The van der Waals surface area contributed by atoms with Gasteiger partial charge in [0.15, 0.2) is 11.6 Å². The van der Waals surface area contributed by atoms with Crippen molar-refractivity contribution >= 4 is 35.1 Å². The van der Waals surface area contributed by atoms with Crippen LogP contribution in [0.4, 0.5) is 27.4 Å².